The van der Waals surface area contributed by atoms with Gasteiger partial charge in [0.05, 0.1) is 11.9 Å². The van der Waals surface area contributed by atoms with Crippen molar-refractivity contribution < 1.29 is 17.6 Å². The van der Waals surface area contributed by atoms with Gasteiger partial charge in [-0.05, 0) is 12.1 Å². The van der Waals surface area contributed by atoms with Crippen LogP contribution < -0.4 is 4.72 Å². The summed E-state index contributed by atoms with van der Waals surface area (Å²) in [6.45, 7) is 0. The molecule has 1 aromatic carbocycles. The molecule has 0 bridgehead atoms. The van der Waals surface area contributed by atoms with Crippen LogP contribution in [0.25, 0.3) is 0 Å². The molecule has 0 radical (unpaired) electrons. The first-order valence-corrected chi connectivity index (χ1v) is 5.67. The van der Waals surface area contributed by atoms with Crippen LogP contribution >= 0.6 is 0 Å². The lowest BCUT2D eigenvalue weighted by Gasteiger charge is -2.05. The Morgan fingerprint density at radius 3 is 2.67 bits per heavy atom. The Bertz CT molecular complexity index is 521. The van der Waals surface area contributed by atoms with Crippen LogP contribution in [-0.4, -0.2) is 20.8 Å². The topological polar surface area (TPSA) is 75.6 Å². The first kappa shape index (κ1) is 11.4. The summed E-state index contributed by atoms with van der Waals surface area (Å²) in [7, 11) is -3.49. The molecular formula is C8H7FN2O3S. The van der Waals surface area contributed by atoms with Crippen molar-refractivity contribution in [2.24, 2.45) is 4.99 Å². The zero-order valence-electron chi connectivity index (χ0n) is 7.69. The van der Waals surface area contributed by atoms with Gasteiger partial charge >= 0.3 is 0 Å². The molecule has 0 amide bonds. The van der Waals surface area contributed by atoms with E-state index in [0.29, 0.717) is 0 Å². The molecule has 80 valence electrons. The fraction of sp³-hybridized carbons (Fsp3) is 0.125. The summed E-state index contributed by atoms with van der Waals surface area (Å²) in [5.74, 6) is -0.622. The van der Waals surface area contributed by atoms with Crippen LogP contribution in [0, 0.1) is 5.82 Å². The maximum absolute atomic E-state index is 12.7. The first-order chi connectivity index (χ1) is 6.92. The minimum Gasteiger partial charge on any atom is -0.282 e. The summed E-state index contributed by atoms with van der Waals surface area (Å²) in [6.07, 6.45) is 2.15. The van der Waals surface area contributed by atoms with Gasteiger partial charge in [-0.25, -0.2) is 17.6 Å². The van der Waals surface area contributed by atoms with E-state index in [0.717, 1.165) is 18.4 Å². The second kappa shape index (κ2) is 4.20. The number of aliphatic imine (C=N–C) groups is 1. The zero-order valence-corrected chi connectivity index (χ0v) is 8.51. The highest BCUT2D eigenvalue weighted by atomic mass is 32.2. The third kappa shape index (κ3) is 3.49. The van der Waals surface area contributed by atoms with Gasteiger partial charge in [0.25, 0.3) is 0 Å². The number of halogens is 1. The van der Waals surface area contributed by atoms with Gasteiger partial charge in [0, 0.05) is 6.07 Å². The van der Waals surface area contributed by atoms with Gasteiger partial charge < -0.3 is 0 Å². The lowest BCUT2D eigenvalue weighted by Crippen LogP contribution is -2.09. The molecule has 0 aromatic heterocycles. The van der Waals surface area contributed by atoms with E-state index in [-0.39, 0.29) is 11.4 Å². The molecule has 0 saturated heterocycles. The van der Waals surface area contributed by atoms with Gasteiger partial charge in [-0.15, -0.1) is 0 Å². The monoisotopic (exact) mass is 230 g/mol. The predicted molar refractivity (Wildman–Crippen MR) is 52.6 cm³/mol. The second-order valence-corrected chi connectivity index (χ2v) is 4.49. The fourth-order valence-electron chi connectivity index (χ4n) is 0.933. The normalized spacial score (nSPS) is 10.5. The summed E-state index contributed by atoms with van der Waals surface area (Å²) < 4.78 is 36.6. The number of carbonyl (C=O) groups excluding carboxylic acids is 1. The minimum atomic E-state index is -3.49. The van der Waals surface area contributed by atoms with Gasteiger partial charge in [-0.3, -0.25) is 4.72 Å². The van der Waals surface area contributed by atoms with Crippen LogP contribution in [0.5, 0.6) is 0 Å². The number of nitrogens with zero attached hydrogens (tertiary/aromatic N) is 1. The highest BCUT2D eigenvalue weighted by Crippen LogP contribution is 2.25. The van der Waals surface area contributed by atoms with E-state index in [1.54, 1.807) is 0 Å². The molecule has 0 spiro atoms. The molecule has 0 atom stereocenters. The molecule has 1 rings (SSSR count). The number of isocyanates is 1. The predicted octanol–water partition coefficient (Wildman–Crippen LogP) is 1.16. The van der Waals surface area contributed by atoms with E-state index >= 15 is 0 Å². The van der Waals surface area contributed by atoms with Crippen molar-refractivity contribution in [1.82, 2.24) is 0 Å². The number of anilines is 1. The average Bonchev–Trinajstić information content (AvgIpc) is 2.08. The van der Waals surface area contributed by atoms with Crippen molar-refractivity contribution in [2.45, 2.75) is 0 Å². The molecular weight excluding hydrogens is 223 g/mol. The highest BCUT2D eigenvalue weighted by Gasteiger charge is 2.07. The quantitative estimate of drug-likeness (QED) is 0.625. The lowest BCUT2D eigenvalue weighted by molar-refractivity contribution is 0.565. The Balaban J connectivity index is 3.23. The van der Waals surface area contributed by atoms with Crippen molar-refractivity contribution in [3.05, 3.63) is 24.0 Å². The Hall–Kier alpha value is -1.72. The average molecular weight is 230 g/mol. The lowest BCUT2D eigenvalue weighted by atomic mass is 10.3. The van der Waals surface area contributed by atoms with Gasteiger partial charge in [0.15, 0.2) is 0 Å². The van der Waals surface area contributed by atoms with Crippen molar-refractivity contribution in [2.75, 3.05) is 11.0 Å². The zero-order chi connectivity index (χ0) is 11.5. The maximum Gasteiger partial charge on any atom is 0.240 e. The van der Waals surface area contributed by atoms with Crippen LogP contribution in [0.3, 0.4) is 0 Å². The molecule has 0 fully saturated rings. The van der Waals surface area contributed by atoms with E-state index in [1.165, 1.54) is 12.1 Å². The van der Waals surface area contributed by atoms with Crippen LogP contribution in [-0.2, 0) is 14.8 Å². The summed E-state index contributed by atoms with van der Waals surface area (Å²) in [5.41, 5.74) is -0.0855. The molecule has 7 heteroatoms. The number of benzene rings is 1. The van der Waals surface area contributed by atoms with Crippen LogP contribution in [0.2, 0.25) is 0 Å². The molecule has 0 unspecified atom stereocenters. The largest absolute Gasteiger partial charge is 0.282 e. The van der Waals surface area contributed by atoms with Crippen LogP contribution in [0.15, 0.2) is 23.2 Å². The summed E-state index contributed by atoms with van der Waals surface area (Å²) >= 11 is 0. The number of nitrogens with one attached hydrogen (secondary N) is 1. The molecule has 0 aliphatic heterocycles. The fourth-order valence-corrected chi connectivity index (χ4v) is 1.50. The summed E-state index contributed by atoms with van der Waals surface area (Å²) in [5, 5.41) is 0. The van der Waals surface area contributed by atoms with Crippen molar-refractivity contribution in [3.8, 4) is 0 Å². The second-order valence-electron chi connectivity index (χ2n) is 2.74. The standard InChI is InChI=1S/C8H7FN2O3S/c1-15(13,14)11-7-3-2-6(9)4-8(7)10-5-12/h2-4,11H,1H3. The number of hydrogen-bond donors (Lipinski definition) is 1. The van der Waals surface area contributed by atoms with Gasteiger partial charge in [0.2, 0.25) is 16.1 Å². The Morgan fingerprint density at radius 2 is 2.13 bits per heavy atom. The number of rotatable bonds is 3. The van der Waals surface area contributed by atoms with Gasteiger partial charge in [0.1, 0.15) is 11.5 Å². The molecule has 0 aliphatic carbocycles. The van der Waals surface area contributed by atoms with Gasteiger partial charge in [-0.2, -0.15) is 4.99 Å². The van der Waals surface area contributed by atoms with Crippen LogP contribution in [0.1, 0.15) is 0 Å². The molecule has 0 heterocycles. The van der Waals surface area contributed by atoms with Crippen molar-refractivity contribution in [1.29, 1.82) is 0 Å². The third-order valence-corrected chi connectivity index (χ3v) is 2.01. The third-order valence-electron chi connectivity index (χ3n) is 1.42. The van der Waals surface area contributed by atoms with E-state index in [9.17, 15) is 17.6 Å². The van der Waals surface area contributed by atoms with E-state index < -0.39 is 15.8 Å². The number of hydrogen-bond acceptors (Lipinski definition) is 4. The van der Waals surface area contributed by atoms with Crippen molar-refractivity contribution in [3.63, 3.8) is 0 Å². The Morgan fingerprint density at radius 1 is 1.47 bits per heavy atom. The molecule has 1 N–H and O–H groups in total. The van der Waals surface area contributed by atoms with E-state index in [4.69, 9.17) is 0 Å². The Kier molecular flexibility index (Phi) is 3.18. The smallest absolute Gasteiger partial charge is 0.240 e. The molecule has 5 nitrogen and oxygen atoms in total. The van der Waals surface area contributed by atoms with Crippen LogP contribution in [0.4, 0.5) is 15.8 Å². The van der Waals surface area contributed by atoms with Crippen molar-refractivity contribution >= 4 is 27.5 Å². The maximum atomic E-state index is 12.7. The SMILES string of the molecule is CS(=O)(=O)Nc1ccc(F)cc1N=C=O. The highest BCUT2D eigenvalue weighted by molar-refractivity contribution is 7.92. The molecule has 15 heavy (non-hydrogen) atoms. The van der Waals surface area contributed by atoms with E-state index in [2.05, 4.69) is 9.71 Å². The Labute approximate surface area is 85.7 Å². The number of sulfonamides is 1. The summed E-state index contributed by atoms with van der Waals surface area (Å²) in [4.78, 5) is 13.2. The molecule has 1 aromatic rings. The first-order valence-electron chi connectivity index (χ1n) is 3.77. The molecule has 0 saturated carbocycles. The summed E-state index contributed by atoms with van der Waals surface area (Å²) in [6, 6.07) is 3.16. The minimum absolute atomic E-state index is 0.0299. The van der Waals surface area contributed by atoms with Gasteiger partial charge in [-0.1, -0.05) is 0 Å². The van der Waals surface area contributed by atoms with E-state index in [1.807, 2.05) is 0 Å². The molecule has 0 aliphatic rings.